The fourth-order valence-electron chi connectivity index (χ4n) is 0.516. The van der Waals surface area contributed by atoms with E-state index in [4.69, 9.17) is 4.43 Å². The van der Waals surface area contributed by atoms with Crippen LogP contribution in [0.25, 0.3) is 0 Å². The van der Waals surface area contributed by atoms with Crippen LogP contribution in [0.15, 0.2) is 0 Å². The average Bonchev–Trinajstić information content (AvgIpc) is 1.72. The molecule has 0 unspecified atom stereocenters. The second-order valence-electron chi connectivity index (χ2n) is 1.45. The zero-order valence-electron chi connectivity index (χ0n) is 5.15. The summed E-state index contributed by atoms with van der Waals surface area (Å²) in [5.74, 6) is 0. The van der Waals surface area contributed by atoms with Gasteiger partial charge < -0.3 is 16.7 Å². The van der Waals surface area contributed by atoms with Crippen LogP contribution in [0.2, 0.25) is 6.04 Å². The normalized spacial score (nSPS) is 18.0. The van der Waals surface area contributed by atoms with E-state index in [0.29, 0.717) is 0 Å². The van der Waals surface area contributed by atoms with E-state index >= 15 is 0 Å². The fraction of sp³-hybridized carbons (Fsp3) is 1.00. The van der Waals surface area contributed by atoms with Crippen LogP contribution in [-0.2, 0) is 4.43 Å². The van der Waals surface area contributed by atoms with Crippen LogP contribution < -0.4 is 12.3 Å². The summed E-state index contributed by atoms with van der Waals surface area (Å²) >= 11 is 0. The minimum absolute atomic E-state index is 0. The summed E-state index contributed by atoms with van der Waals surface area (Å²) in [5.41, 5.74) is 0. The Hall–Kier alpha value is 0.0969. The molecule has 0 saturated carbocycles. The molecule has 0 atom stereocenters. The highest BCUT2D eigenvalue weighted by Crippen LogP contribution is 2.01. The minimum atomic E-state index is 0. The van der Waals surface area contributed by atoms with E-state index in [2.05, 4.69) is 0 Å². The molecule has 1 fully saturated rings. The van der Waals surface area contributed by atoms with Gasteiger partial charge in [0.25, 0.3) is 0 Å². The number of rotatable bonds is 0. The van der Waals surface area contributed by atoms with Gasteiger partial charge in [0.1, 0.15) is 0 Å². The lowest BCUT2D eigenvalue weighted by Crippen LogP contribution is -2.06. The lowest BCUT2D eigenvalue weighted by molar-refractivity contribution is 0.304. The monoisotopic (exact) mass is 134 g/mol. The Morgan fingerprint density at radius 1 is 1.12 bits per heavy atom. The predicted molar refractivity (Wildman–Crippen MR) is 35.8 cm³/mol. The Morgan fingerprint density at radius 3 is 2.00 bits per heavy atom. The molecule has 0 amide bonds. The summed E-state index contributed by atoms with van der Waals surface area (Å²) in [7, 11) is 0.802. The van der Waals surface area contributed by atoms with Gasteiger partial charge in [-0.15, -0.1) is 0 Å². The Labute approximate surface area is 52.9 Å². The highest BCUT2D eigenvalue weighted by Gasteiger charge is 1.97. The zero-order chi connectivity index (χ0) is 4.24. The lowest BCUT2D eigenvalue weighted by atomic mass is 10.4. The van der Waals surface area contributed by atoms with E-state index in [-0.39, 0.29) is 12.3 Å². The molecule has 1 aliphatic rings. The van der Waals surface area contributed by atoms with Crippen LogP contribution in [0.4, 0.5) is 0 Å². The molecule has 1 heterocycles. The molecule has 3 nitrogen and oxygen atoms in total. The van der Waals surface area contributed by atoms with Crippen LogP contribution >= 0.6 is 0 Å². The summed E-state index contributed by atoms with van der Waals surface area (Å²) in [4.78, 5) is 0. The highest BCUT2D eigenvalue weighted by atomic mass is 28.2. The maximum absolute atomic E-state index is 5.10. The molecule has 0 bridgehead atoms. The van der Waals surface area contributed by atoms with Crippen LogP contribution in [0.3, 0.4) is 0 Å². The summed E-state index contributed by atoms with van der Waals surface area (Å²) < 4.78 is 5.10. The molecule has 50 valence electrons. The van der Waals surface area contributed by atoms with Crippen LogP contribution in [0.5, 0.6) is 0 Å². The largest absolute Gasteiger partial charge is 0.417 e. The van der Waals surface area contributed by atoms with Crippen molar-refractivity contribution in [3.05, 3.63) is 0 Å². The fourth-order valence-corrected chi connectivity index (χ4v) is 1.34. The number of hydrogen-bond donors (Lipinski definition) is 2. The van der Waals surface area contributed by atoms with Crippen LogP contribution in [0.1, 0.15) is 12.8 Å². The topological polar surface area (TPSA) is 79.2 Å². The van der Waals surface area contributed by atoms with Crippen LogP contribution in [-0.4, -0.2) is 16.4 Å². The first-order chi connectivity index (χ1) is 3.00. The van der Waals surface area contributed by atoms with Crippen molar-refractivity contribution in [1.29, 1.82) is 0 Å². The van der Waals surface area contributed by atoms with E-state index in [1.165, 1.54) is 18.9 Å². The Bertz CT molecular complexity index is 29.5. The molecule has 0 aliphatic carbocycles. The van der Waals surface area contributed by atoms with Gasteiger partial charge in [0.2, 0.25) is 9.76 Å². The molecule has 2 radical (unpaired) electrons. The van der Waals surface area contributed by atoms with Gasteiger partial charge >= 0.3 is 0 Å². The third kappa shape index (κ3) is 4.26. The second-order valence-corrected chi connectivity index (χ2v) is 2.53. The predicted octanol–water partition coefficient (Wildman–Crippen LogP) is 1.16. The molecule has 4 heteroatoms. The Kier molecular flexibility index (Phi) is 9.73. The minimum Gasteiger partial charge on any atom is -0.417 e. The summed E-state index contributed by atoms with van der Waals surface area (Å²) in [6, 6.07) is 1.31. The van der Waals surface area contributed by atoms with Gasteiger partial charge in [-0.25, -0.2) is 0 Å². The van der Waals surface area contributed by atoms with Gasteiger partial charge in [0.05, 0.1) is 0 Å². The Morgan fingerprint density at radius 2 is 1.88 bits per heavy atom. The van der Waals surface area contributed by atoms with Crippen molar-refractivity contribution in [1.82, 2.24) is 12.3 Å². The molecule has 8 heavy (non-hydrogen) atoms. The van der Waals surface area contributed by atoms with E-state index in [1.54, 1.807) is 0 Å². The van der Waals surface area contributed by atoms with E-state index in [1.807, 2.05) is 0 Å². The molecular weight excluding hydrogens is 120 g/mol. The van der Waals surface area contributed by atoms with Crippen molar-refractivity contribution in [3.63, 3.8) is 0 Å². The van der Waals surface area contributed by atoms with Gasteiger partial charge in [-0.1, -0.05) is 6.42 Å². The Balaban J connectivity index is 0. The van der Waals surface area contributed by atoms with Gasteiger partial charge in [0, 0.05) is 6.61 Å². The van der Waals surface area contributed by atoms with Gasteiger partial charge in [-0.05, 0) is 12.5 Å². The van der Waals surface area contributed by atoms with Crippen molar-refractivity contribution >= 4 is 9.76 Å². The van der Waals surface area contributed by atoms with Gasteiger partial charge in [0.15, 0.2) is 0 Å². The van der Waals surface area contributed by atoms with Crippen LogP contribution in [0, 0.1) is 0 Å². The first kappa shape index (κ1) is 11.0. The van der Waals surface area contributed by atoms with Gasteiger partial charge in [-0.3, -0.25) is 0 Å². The molecule has 1 rings (SSSR count). The van der Waals surface area contributed by atoms with Crippen molar-refractivity contribution in [2.45, 2.75) is 18.9 Å². The molecule has 1 saturated heterocycles. The molecular formula is C4H14N2OSi. The molecule has 0 aromatic heterocycles. The molecule has 1 aliphatic heterocycles. The maximum atomic E-state index is 5.10. The van der Waals surface area contributed by atoms with Crippen molar-refractivity contribution in [2.75, 3.05) is 6.61 Å². The summed E-state index contributed by atoms with van der Waals surface area (Å²) in [6.45, 7) is 1.01. The quantitative estimate of drug-likeness (QED) is 0.488. The molecule has 6 N–H and O–H groups in total. The van der Waals surface area contributed by atoms with Gasteiger partial charge in [-0.2, -0.15) is 0 Å². The third-order valence-corrected chi connectivity index (χ3v) is 1.84. The number of hydrogen-bond acceptors (Lipinski definition) is 3. The highest BCUT2D eigenvalue weighted by molar-refractivity contribution is 6.27. The van der Waals surface area contributed by atoms with E-state index < -0.39 is 0 Å². The lowest BCUT2D eigenvalue weighted by Gasteiger charge is -2.06. The van der Waals surface area contributed by atoms with Crippen molar-refractivity contribution in [2.24, 2.45) is 0 Å². The second kappa shape index (κ2) is 7.10. The zero-order valence-corrected chi connectivity index (χ0v) is 6.15. The first-order valence-corrected chi connectivity index (χ1v) is 3.46. The van der Waals surface area contributed by atoms with Crippen molar-refractivity contribution < 1.29 is 4.43 Å². The average molecular weight is 134 g/mol. The van der Waals surface area contributed by atoms with E-state index in [9.17, 15) is 0 Å². The van der Waals surface area contributed by atoms with E-state index in [0.717, 1.165) is 16.4 Å². The molecule has 0 aromatic carbocycles. The summed E-state index contributed by atoms with van der Waals surface area (Å²) in [5, 5.41) is 0. The maximum Gasteiger partial charge on any atom is 0.229 e. The molecule has 0 spiro atoms. The van der Waals surface area contributed by atoms with Crippen molar-refractivity contribution in [3.8, 4) is 0 Å². The third-order valence-electron chi connectivity index (χ3n) is 0.877. The summed E-state index contributed by atoms with van der Waals surface area (Å²) in [6.07, 6.45) is 2.67. The molecule has 0 aromatic rings. The standard InChI is InChI=1S/C4H8OSi.2H3N/c1-2-4-6-5-3-1;;/h1-4H2;2*1H3. The SMILES string of the molecule is C1CC[Si]OC1.N.N. The first-order valence-electron chi connectivity index (χ1n) is 2.35. The smallest absolute Gasteiger partial charge is 0.229 e.